The Labute approximate surface area is 216 Å². The van der Waals surface area contributed by atoms with Gasteiger partial charge in [-0.15, -0.1) is 36.4 Å². The molecule has 0 bridgehead atoms. The molecule has 0 radical (unpaired) electrons. The van der Waals surface area contributed by atoms with Crippen molar-refractivity contribution in [1.29, 1.82) is 0 Å². The van der Waals surface area contributed by atoms with Crippen LogP contribution in [0.25, 0.3) is 11.1 Å². The molecule has 0 saturated heterocycles. The van der Waals surface area contributed by atoms with Crippen LogP contribution in [0.15, 0.2) is 30.3 Å². The van der Waals surface area contributed by atoms with Crippen LogP contribution < -0.4 is 10.1 Å². The van der Waals surface area contributed by atoms with Gasteiger partial charge in [-0.05, 0) is 39.3 Å². The number of alkyl carbamates (subject to hydrolysis) is 1. The quantitative estimate of drug-likeness (QED) is 0.356. The zero-order chi connectivity index (χ0) is 24.1. The first kappa shape index (κ1) is 29.3. The summed E-state index contributed by atoms with van der Waals surface area (Å²) in [5.74, 6) is -0.330. The fraction of sp³-hybridized carbons (Fsp3) is 0.417. The average molecular weight is 690 g/mol. The first-order valence-electron chi connectivity index (χ1n) is 10.2. The van der Waals surface area contributed by atoms with Gasteiger partial charge in [0.2, 0.25) is 0 Å². The molecule has 2 rings (SSSR count). The summed E-state index contributed by atoms with van der Waals surface area (Å²) in [4.78, 5) is 12.1. The molecule has 178 valence electrons. The van der Waals surface area contributed by atoms with E-state index in [-0.39, 0.29) is 43.4 Å². The Kier molecular flexibility index (Phi) is 10.8. The van der Waals surface area contributed by atoms with Crippen LogP contribution in [0.5, 0.6) is 5.75 Å². The number of hydrogen-bond acceptors (Lipinski definition) is 4. The molecular weight excluding hydrogens is 661 g/mol. The number of carbonyl (C=O) groups is 1. The van der Waals surface area contributed by atoms with Gasteiger partial charge in [0.15, 0.2) is 0 Å². The Balaban J connectivity index is 0.00000544. The molecule has 2 aromatic carbocycles. The van der Waals surface area contributed by atoms with E-state index in [0.29, 0.717) is 40.7 Å². The molecule has 2 aromatic rings. The number of halogens is 3. The van der Waals surface area contributed by atoms with Crippen LogP contribution in [-0.2, 0) is 17.7 Å². The fourth-order valence-corrected chi connectivity index (χ4v) is 3.15. The van der Waals surface area contributed by atoms with Gasteiger partial charge in [-0.1, -0.05) is 30.2 Å². The predicted octanol–water partition coefficient (Wildman–Crippen LogP) is 5.90. The van der Waals surface area contributed by atoms with Gasteiger partial charge in [0.05, 0.1) is 0 Å². The van der Waals surface area contributed by atoms with Crippen LogP contribution in [-0.4, -0.2) is 23.2 Å². The summed E-state index contributed by atoms with van der Waals surface area (Å²) < 4.78 is 46.4. The summed E-state index contributed by atoms with van der Waals surface area (Å²) in [5, 5.41) is 13.3. The third-order valence-electron chi connectivity index (χ3n) is 4.47. The standard InChI is InChI=1S/C24H28F3NO4.U/c1-6-15-12-17(16-8-10-19(11-9-16)31-24(25,26)27)13-18(21(15)20(29)7-2)14-28-22(30)32-23(3,4)5;/h8-11,13,20,29H,1,6-7,14H2,2-5H3,(H,28,30);/q-2;+2/t20-;/m1./s1. The largest absolute Gasteiger partial charge is 2.00 e. The third kappa shape index (κ3) is 9.23. The molecule has 0 spiro atoms. The van der Waals surface area contributed by atoms with E-state index < -0.39 is 24.2 Å². The topological polar surface area (TPSA) is 67.8 Å². The minimum absolute atomic E-state index is 0. The zero-order valence-corrected chi connectivity index (χ0v) is 23.3. The van der Waals surface area contributed by atoms with E-state index in [4.69, 9.17) is 4.74 Å². The second-order valence-electron chi connectivity index (χ2n) is 8.20. The normalized spacial score (nSPS) is 12.5. The molecule has 2 N–H and O–H groups in total. The molecule has 0 heterocycles. The molecule has 0 saturated carbocycles. The van der Waals surface area contributed by atoms with Crippen LogP contribution >= 0.6 is 0 Å². The van der Waals surface area contributed by atoms with E-state index in [0.717, 1.165) is 0 Å². The number of aliphatic hydroxyl groups is 1. The molecule has 0 unspecified atom stereocenters. The van der Waals surface area contributed by atoms with Crippen molar-refractivity contribution in [2.45, 2.75) is 65.1 Å². The summed E-state index contributed by atoms with van der Waals surface area (Å²) >= 11 is 0. The molecule has 9 heteroatoms. The van der Waals surface area contributed by atoms with Gasteiger partial charge in [0.25, 0.3) is 0 Å². The van der Waals surface area contributed by atoms with E-state index >= 15 is 0 Å². The van der Waals surface area contributed by atoms with Crippen LogP contribution in [0.1, 0.15) is 56.9 Å². The number of aliphatic hydroxyl groups excluding tert-OH is 1. The molecule has 1 amide bonds. The minimum Gasteiger partial charge on any atom is -0.444 e. The average Bonchev–Trinajstić information content (AvgIpc) is 2.69. The fourth-order valence-electron chi connectivity index (χ4n) is 3.15. The number of ether oxygens (including phenoxy) is 2. The molecule has 0 fully saturated rings. The minimum atomic E-state index is -4.77. The summed E-state index contributed by atoms with van der Waals surface area (Å²) in [6.07, 6.45) is -5.38. The van der Waals surface area contributed by atoms with E-state index in [1.54, 1.807) is 26.8 Å². The summed E-state index contributed by atoms with van der Waals surface area (Å²) in [6, 6.07) is 10.3. The molecule has 0 aliphatic rings. The Morgan fingerprint density at radius 1 is 1.21 bits per heavy atom. The number of hydrogen-bond donors (Lipinski definition) is 2. The molecule has 0 aromatic heterocycles. The van der Waals surface area contributed by atoms with Crippen molar-refractivity contribution < 1.29 is 63.7 Å². The van der Waals surface area contributed by atoms with Crippen LogP contribution in [0.3, 0.4) is 0 Å². The summed E-state index contributed by atoms with van der Waals surface area (Å²) in [6.45, 7) is 11.1. The molecule has 1 atom stereocenters. The second-order valence-corrected chi connectivity index (χ2v) is 8.20. The van der Waals surface area contributed by atoms with E-state index in [9.17, 15) is 23.1 Å². The van der Waals surface area contributed by atoms with Gasteiger partial charge >= 0.3 is 43.6 Å². The van der Waals surface area contributed by atoms with E-state index in [2.05, 4.69) is 23.0 Å². The smallest absolute Gasteiger partial charge is 0.444 e. The molecule has 0 aliphatic carbocycles. The zero-order valence-electron chi connectivity index (χ0n) is 19.1. The maximum absolute atomic E-state index is 12.4. The number of carbonyl (C=O) groups excluding carboxylic acids is 1. The van der Waals surface area contributed by atoms with Crippen molar-refractivity contribution in [3.05, 3.63) is 60.0 Å². The van der Waals surface area contributed by atoms with Crippen molar-refractivity contribution in [1.82, 2.24) is 5.32 Å². The number of nitrogens with one attached hydrogen (secondary N) is 1. The SMILES string of the molecule is [CH2-]Cc1[c-]c(-c2ccc(OC(F)(F)F)cc2)cc(CNC(=O)OC(C)(C)C)c1[C@H](O)CC.[U+2]. The summed E-state index contributed by atoms with van der Waals surface area (Å²) in [7, 11) is 0. The number of alkyl halides is 3. The number of rotatable bonds is 7. The van der Waals surface area contributed by atoms with Gasteiger partial charge in [0.1, 0.15) is 11.4 Å². The first-order chi connectivity index (χ1) is 14.8. The predicted molar refractivity (Wildman–Crippen MR) is 115 cm³/mol. The third-order valence-corrected chi connectivity index (χ3v) is 4.47. The van der Waals surface area contributed by atoms with Gasteiger partial charge in [-0.3, -0.25) is 0 Å². The molecule has 5 nitrogen and oxygen atoms in total. The van der Waals surface area contributed by atoms with Crippen molar-refractivity contribution in [3.63, 3.8) is 0 Å². The van der Waals surface area contributed by atoms with Crippen LogP contribution in [0, 0.1) is 44.1 Å². The Morgan fingerprint density at radius 3 is 2.30 bits per heavy atom. The number of benzene rings is 2. The molecular formula is C24H28F3NO4U. The Morgan fingerprint density at radius 2 is 1.82 bits per heavy atom. The summed E-state index contributed by atoms with van der Waals surface area (Å²) in [5.41, 5.74) is 2.46. The Bertz CT molecular complexity index is 925. The molecule has 33 heavy (non-hydrogen) atoms. The van der Waals surface area contributed by atoms with Crippen molar-refractivity contribution in [2.24, 2.45) is 0 Å². The van der Waals surface area contributed by atoms with E-state index in [1.807, 2.05) is 6.92 Å². The van der Waals surface area contributed by atoms with Crippen LogP contribution in [0.2, 0.25) is 0 Å². The van der Waals surface area contributed by atoms with Crippen molar-refractivity contribution in [2.75, 3.05) is 0 Å². The maximum Gasteiger partial charge on any atom is 2.00 e. The van der Waals surface area contributed by atoms with Crippen molar-refractivity contribution >= 4 is 6.09 Å². The van der Waals surface area contributed by atoms with Gasteiger partial charge in [0, 0.05) is 12.6 Å². The second kappa shape index (κ2) is 12.1. The molecule has 0 aliphatic heterocycles. The van der Waals surface area contributed by atoms with Crippen LogP contribution in [0.4, 0.5) is 18.0 Å². The maximum atomic E-state index is 12.4. The number of amides is 1. The van der Waals surface area contributed by atoms with Gasteiger partial charge in [-0.2, -0.15) is 12.0 Å². The Hall–Kier alpha value is -1.69. The van der Waals surface area contributed by atoms with Gasteiger partial charge < -0.3 is 26.8 Å². The van der Waals surface area contributed by atoms with Gasteiger partial charge in [-0.25, -0.2) is 4.79 Å². The first-order valence-corrected chi connectivity index (χ1v) is 10.2. The monoisotopic (exact) mass is 689 g/mol. The van der Waals surface area contributed by atoms with Crippen molar-refractivity contribution in [3.8, 4) is 16.9 Å². The van der Waals surface area contributed by atoms with E-state index in [1.165, 1.54) is 24.3 Å².